The minimum atomic E-state index is -0.0755. The normalized spacial score (nSPS) is 10.4. The molecular weight excluding hydrogens is 376 g/mol. The van der Waals surface area contributed by atoms with Gasteiger partial charge >= 0.3 is 0 Å². The number of rotatable bonds is 8. The highest BCUT2D eigenvalue weighted by molar-refractivity contribution is 7.09. The second-order valence-electron chi connectivity index (χ2n) is 5.97. The Morgan fingerprint density at radius 3 is 2.43 bits per heavy atom. The molecule has 0 atom stereocenters. The zero-order valence-corrected chi connectivity index (χ0v) is 16.8. The van der Waals surface area contributed by atoms with E-state index >= 15 is 0 Å². The first-order valence-corrected chi connectivity index (χ1v) is 9.61. The lowest BCUT2D eigenvalue weighted by molar-refractivity contribution is -0.116. The van der Waals surface area contributed by atoms with Gasteiger partial charge in [-0.25, -0.2) is 4.98 Å². The summed E-state index contributed by atoms with van der Waals surface area (Å²) >= 11 is 1.55. The maximum Gasteiger partial charge on any atom is 0.224 e. The van der Waals surface area contributed by atoms with Gasteiger partial charge in [0.25, 0.3) is 0 Å². The van der Waals surface area contributed by atoms with Gasteiger partial charge in [0.15, 0.2) is 11.5 Å². The molecule has 0 spiro atoms. The van der Waals surface area contributed by atoms with Crippen LogP contribution >= 0.6 is 11.3 Å². The Kier molecular flexibility index (Phi) is 6.49. The topological polar surface area (TPSA) is 69.7 Å². The third kappa shape index (κ3) is 4.80. The summed E-state index contributed by atoms with van der Waals surface area (Å²) in [7, 11) is 4.78. The molecule has 0 aliphatic heterocycles. The predicted molar refractivity (Wildman–Crippen MR) is 111 cm³/mol. The van der Waals surface area contributed by atoms with Gasteiger partial charge in [-0.3, -0.25) is 4.79 Å². The molecule has 6 nitrogen and oxygen atoms in total. The van der Waals surface area contributed by atoms with Crippen LogP contribution in [0.1, 0.15) is 11.4 Å². The molecule has 0 aliphatic rings. The number of nitrogens with zero attached hydrogens (tertiary/aromatic N) is 1. The Morgan fingerprint density at radius 2 is 1.75 bits per heavy atom. The second-order valence-corrected chi connectivity index (χ2v) is 6.92. The highest BCUT2D eigenvalue weighted by atomic mass is 32.1. The minimum absolute atomic E-state index is 0.0755. The first kappa shape index (κ1) is 19.7. The van der Waals surface area contributed by atoms with Gasteiger partial charge in [0, 0.05) is 35.5 Å². The molecule has 0 fully saturated rings. The maximum atomic E-state index is 12.3. The van der Waals surface area contributed by atoms with Crippen LogP contribution in [-0.2, 0) is 11.2 Å². The molecule has 1 heterocycles. The molecule has 3 aromatic rings. The summed E-state index contributed by atoms with van der Waals surface area (Å²) in [5.41, 5.74) is 2.60. The molecule has 28 heavy (non-hydrogen) atoms. The van der Waals surface area contributed by atoms with Crippen LogP contribution in [0.2, 0.25) is 0 Å². The number of amides is 1. The molecule has 0 aliphatic carbocycles. The number of nitrogens with one attached hydrogen (secondary N) is 1. The molecule has 146 valence electrons. The van der Waals surface area contributed by atoms with Crippen molar-refractivity contribution in [2.24, 2.45) is 0 Å². The van der Waals surface area contributed by atoms with E-state index in [-0.39, 0.29) is 5.91 Å². The highest BCUT2D eigenvalue weighted by Crippen LogP contribution is 2.30. The molecule has 7 heteroatoms. The lowest BCUT2D eigenvalue weighted by atomic mass is 10.2. The number of hydrogen-bond donors (Lipinski definition) is 1. The van der Waals surface area contributed by atoms with Crippen LogP contribution in [0.5, 0.6) is 17.2 Å². The largest absolute Gasteiger partial charge is 0.497 e. The fraction of sp³-hybridized carbons (Fsp3) is 0.238. The second kappa shape index (κ2) is 9.23. The van der Waals surface area contributed by atoms with E-state index in [9.17, 15) is 4.79 Å². The van der Waals surface area contributed by atoms with Gasteiger partial charge in [0.2, 0.25) is 5.91 Å². The average Bonchev–Trinajstić information content (AvgIpc) is 3.21. The average molecular weight is 398 g/mol. The molecule has 0 bridgehead atoms. The van der Waals surface area contributed by atoms with E-state index in [2.05, 4.69) is 10.3 Å². The van der Waals surface area contributed by atoms with Gasteiger partial charge in [0.05, 0.1) is 32.0 Å². The Morgan fingerprint density at radius 1 is 1.00 bits per heavy atom. The zero-order valence-electron chi connectivity index (χ0n) is 16.0. The molecule has 2 aromatic carbocycles. The van der Waals surface area contributed by atoms with Crippen molar-refractivity contribution in [1.29, 1.82) is 0 Å². The number of anilines is 1. The fourth-order valence-corrected chi connectivity index (χ4v) is 3.49. The lowest BCUT2D eigenvalue weighted by Crippen LogP contribution is -2.12. The molecule has 0 saturated carbocycles. The van der Waals surface area contributed by atoms with Crippen LogP contribution in [0.3, 0.4) is 0 Å². The van der Waals surface area contributed by atoms with Gasteiger partial charge in [0.1, 0.15) is 5.75 Å². The number of aryl methyl sites for hydroxylation is 1. The number of ether oxygens (including phenoxy) is 3. The molecule has 1 aromatic heterocycles. The number of thiazole rings is 1. The standard InChI is InChI=1S/C21H22N2O4S/c1-25-16-7-4-14(5-8-16)17-13-28-21(23-17)11-10-20(24)22-15-6-9-18(26-2)19(12-15)27-3/h4-9,12-13H,10-11H2,1-3H3,(H,22,24). The van der Waals surface area contributed by atoms with Crippen molar-refractivity contribution >= 4 is 22.9 Å². The summed E-state index contributed by atoms with van der Waals surface area (Å²) in [5, 5.41) is 5.81. The van der Waals surface area contributed by atoms with Crippen LogP contribution in [0.4, 0.5) is 5.69 Å². The third-order valence-electron chi connectivity index (χ3n) is 4.17. The van der Waals surface area contributed by atoms with E-state index in [0.717, 1.165) is 22.0 Å². The molecule has 0 unspecified atom stereocenters. The quantitative estimate of drug-likeness (QED) is 0.609. The van der Waals surface area contributed by atoms with E-state index in [1.165, 1.54) is 0 Å². The summed E-state index contributed by atoms with van der Waals surface area (Å²) < 4.78 is 15.6. The summed E-state index contributed by atoms with van der Waals surface area (Å²) in [6, 6.07) is 13.0. The van der Waals surface area contributed by atoms with Gasteiger partial charge in [-0.1, -0.05) is 0 Å². The smallest absolute Gasteiger partial charge is 0.224 e. The van der Waals surface area contributed by atoms with E-state index in [1.54, 1.807) is 50.9 Å². The number of carbonyl (C=O) groups is 1. The molecular formula is C21H22N2O4S. The summed E-state index contributed by atoms with van der Waals surface area (Å²) in [4.78, 5) is 16.9. The predicted octanol–water partition coefficient (Wildman–Crippen LogP) is 4.41. The van der Waals surface area contributed by atoms with Crippen molar-refractivity contribution in [3.05, 3.63) is 52.9 Å². The Hall–Kier alpha value is -3.06. The number of carbonyl (C=O) groups excluding carboxylic acids is 1. The number of aromatic nitrogens is 1. The molecule has 0 saturated heterocycles. The van der Waals surface area contributed by atoms with Crippen molar-refractivity contribution < 1.29 is 19.0 Å². The van der Waals surface area contributed by atoms with Crippen molar-refractivity contribution in [1.82, 2.24) is 4.98 Å². The Labute approximate surface area is 168 Å². The monoisotopic (exact) mass is 398 g/mol. The third-order valence-corrected chi connectivity index (χ3v) is 5.08. The molecule has 3 rings (SSSR count). The van der Waals surface area contributed by atoms with E-state index in [0.29, 0.717) is 30.0 Å². The minimum Gasteiger partial charge on any atom is -0.497 e. The van der Waals surface area contributed by atoms with Crippen LogP contribution in [-0.4, -0.2) is 32.2 Å². The van der Waals surface area contributed by atoms with Crippen LogP contribution < -0.4 is 19.5 Å². The summed E-state index contributed by atoms with van der Waals surface area (Å²) in [6.07, 6.45) is 0.934. The maximum absolute atomic E-state index is 12.3. The Bertz CT molecular complexity index is 938. The van der Waals surface area contributed by atoms with Crippen molar-refractivity contribution in [2.75, 3.05) is 26.6 Å². The summed E-state index contributed by atoms with van der Waals surface area (Å²) in [6.45, 7) is 0. The SMILES string of the molecule is COc1ccc(-c2csc(CCC(=O)Nc3ccc(OC)c(OC)c3)n2)cc1. The van der Waals surface area contributed by atoms with Gasteiger partial charge < -0.3 is 19.5 Å². The van der Waals surface area contributed by atoms with Gasteiger partial charge in [-0.15, -0.1) is 11.3 Å². The molecule has 0 radical (unpaired) electrons. The van der Waals surface area contributed by atoms with Crippen LogP contribution in [0.25, 0.3) is 11.3 Å². The Balaban J connectivity index is 1.57. The van der Waals surface area contributed by atoms with Crippen molar-refractivity contribution in [3.63, 3.8) is 0 Å². The van der Waals surface area contributed by atoms with Gasteiger partial charge in [-0.2, -0.15) is 0 Å². The molecule has 1 N–H and O–H groups in total. The van der Waals surface area contributed by atoms with Gasteiger partial charge in [-0.05, 0) is 36.4 Å². The number of benzene rings is 2. The van der Waals surface area contributed by atoms with Crippen LogP contribution in [0.15, 0.2) is 47.8 Å². The van der Waals surface area contributed by atoms with Crippen molar-refractivity contribution in [2.45, 2.75) is 12.8 Å². The van der Waals surface area contributed by atoms with Crippen molar-refractivity contribution in [3.8, 4) is 28.5 Å². The first-order valence-electron chi connectivity index (χ1n) is 8.73. The lowest BCUT2D eigenvalue weighted by Gasteiger charge is -2.10. The summed E-state index contributed by atoms with van der Waals surface area (Å²) in [5.74, 6) is 1.93. The molecule has 1 amide bonds. The highest BCUT2D eigenvalue weighted by Gasteiger charge is 2.10. The van der Waals surface area contributed by atoms with E-state index in [1.807, 2.05) is 29.6 Å². The van der Waals surface area contributed by atoms with E-state index in [4.69, 9.17) is 14.2 Å². The van der Waals surface area contributed by atoms with Crippen LogP contribution in [0, 0.1) is 0 Å². The number of hydrogen-bond acceptors (Lipinski definition) is 6. The first-order chi connectivity index (χ1) is 13.6. The fourth-order valence-electron chi connectivity index (χ4n) is 2.68. The zero-order chi connectivity index (χ0) is 19.9. The number of methoxy groups -OCH3 is 3. The van der Waals surface area contributed by atoms with E-state index < -0.39 is 0 Å².